The third-order valence-electron chi connectivity index (χ3n) is 4.82. The van der Waals surface area contributed by atoms with Crippen LogP contribution in [0.3, 0.4) is 0 Å². The van der Waals surface area contributed by atoms with Crippen molar-refractivity contribution < 1.29 is 14.3 Å². The number of nitrogens with one attached hydrogen (secondary N) is 1. The highest BCUT2D eigenvalue weighted by molar-refractivity contribution is 6.31. The fraction of sp³-hybridized carbons (Fsp3) is 0.190. The minimum Gasteiger partial charge on any atom is -0.495 e. The van der Waals surface area contributed by atoms with Gasteiger partial charge in [-0.05, 0) is 30.3 Å². The molecule has 0 aliphatic carbocycles. The molecule has 1 saturated heterocycles. The predicted octanol–water partition coefficient (Wildman–Crippen LogP) is 3.89. The molecule has 1 aliphatic rings. The molecule has 142 valence electrons. The lowest BCUT2D eigenvalue weighted by Gasteiger charge is -2.20. The molecule has 0 spiro atoms. The summed E-state index contributed by atoms with van der Waals surface area (Å²) >= 11 is 6.08. The van der Waals surface area contributed by atoms with Crippen molar-refractivity contribution in [2.75, 3.05) is 23.9 Å². The average Bonchev–Trinajstić information content (AvgIpc) is 3.10. The largest absolute Gasteiger partial charge is 0.495 e. The van der Waals surface area contributed by atoms with Gasteiger partial charge in [-0.3, -0.25) is 14.6 Å². The Hall–Kier alpha value is -3.12. The first-order valence-electron chi connectivity index (χ1n) is 8.85. The Kier molecular flexibility index (Phi) is 4.88. The van der Waals surface area contributed by atoms with Crippen LogP contribution in [0.25, 0.3) is 10.9 Å². The lowest BCUT2D eigenvalue weighted by molar-refractivity contribution is -0.122. The smallest absolute Gasteiger partial charge is 0.229 e. The van der Waals surface area contributed by atoms with Crippen molar-refractivity contribution in [3.63, 3.8) is 0 Å². The molecule has 3 aromatic rings. The Balaban J connectivity index is 1.56. The van der Waals surface area contributed by atoms with Crippen molar-refractivity contribution in [3.05, 3.63) is 59.8 Å². The van der Waals surface area contributed by atoms with E-state index in [-0.39, 0.29) is 24.8 Å². The Bertz CT molecular complexity index is 1060. The van der Waals surface area contributed by atoms with Crippen LogP contribution in [-0.4, -0.2) is 30.5 Å². The Morgan fingerprint density at radius 2 is 2.07 bits per heavy atom. The second kappa shape index (κ2) is 7.48. The number of amides is 2. The summed E-state index contributed by atoms with van der Waals surface area (Å²) in [5, 5.41) is 4.36. The lowest BCUT2D eigenvalue weighted by Crippen LogP contribution is -2.28. The van der Waals surface area contributed by atoms with Crippen molar-refractivity contribution in [3.8, 4) is 5.75 Å². The SMILES string of the molecule is COc1ccc(Cl)cc1N1CC(C(=O)Nc2cccc3cccnc23)CC1=O. The van der Waals surface area contributed by atoms with E-state index in [0.717, 1.165) is 10.9 Å². The zero-order chi connectivity index (χ0) is 19.7. The number of rotatable bonds is 4. The summed E-state index contributed by atoms with van der Waals surface area (Å²) in [6, 6.07) is 14.5. The average molecular weight is 396 g/mol. The molecule has 28 heavy (non-hydrogen) atoms. The molecule has 1 atom stereocenters. The number of para-hydroxylation sites is 1. The van der Waals surface area contributed by atoms with Gasteiger partial charge in [-0.15, -0.1) is 0 Å². The minimum atomic E-state index is -0.477. The third-order valence-corrected chi connectivity index (χ3v) is 5.05. The molecule has 4 rings (SSSR count). The summed E-state index contributed by atoms with van der Waals surface area (Å²) in [5.41, 5.74) is 1.92. The van der Waals surface area contributed by atoms with E-state index in [1.807, 2.05) is 30.3 Å². The number of hydrogen-bond donors (Lipinski definition) is 1. The monoisotopic (exact) mass is 395 g/mol. The number of benzene rings is 2. The van der Waals surface area contributed by atoms with E-state index in [1.54, 1.807) is 29.3 Å². The maximum absolute atomic E-state index is 12.8. The summed E-state index contributed by atoms with van der Waals surface area (Å²) in [4.78, 5) is 31.3. The van der Waals surface area contributed by atoms with Crippen LogP contribution in [0.4, 0.5) is 11.4 Å². The number of nitrogens with zero attached hydrogens (tertiary/aromatic N) is 2. The summed E-state index contributed by atoms with van der Waals surface area (Å²) in [6.07, 6.45) is 1.81. The zero-order valence-electron chi connectivity index (χ0n) is 15.2. The third kappa shape index (κ3) is 3.39. The molecule has 2 heterocycles. The first kappa shape index (κ1) is 18.3. The van der Waals surface area contributed by atoms with Crippen LogP contribution in [0.2, 0.25) is 5.02 Å². The first-order chi connectivity index (χ1) is 13.6. The summed E-state index contributed by atoms with van der Waals surface area (Å²) in [6.45, 7) is 0.263. The molecule has 0 bridgehead atoms. The van der Waals surface area contributed by atoms with Gasteiger partial charge in [0.1, 0.15) is 5.75 Å². The predicted molar refractivity (Wildman–Crippen MR) is 109 cm³/mol. The van der Waals surface area contributed by atoms with Crippen molar-refractivity contribution >= 4 is 45.7 Å². The van der Waals surface area contributed by atoms with E-state index in [2.05, 4.69) is 10.3 Å². The molecule has 0 radical (unpaired) electrons. The molecule has 1 fully saturated rings. The van der Waals surface area contributed by atoms with Crippen LogP contribution in [0.15, 0.2) is 54.7 Å². The van der Waals surface area contributed by atoms with Crippen molar-refractivity contribution in [1.29, 1.82) is 0 Å². The molecule has 1 unspecified atom stereocenters. The topological polar surface area (TPSA) is 71.5 Å². The van der Waals surface area contributed by atoms with E-state index in [9.17, 15) is 9.59 Å². The molecular formula is C21H18ClN3O3. The van der Waals surface area contributed by atoms with Crippen LogP contribution < -0.4 is 15.0 Å². The summed E-state index contributed by atoms with van der Waals surface area (Å²) in [5.74, 6) is -0.293. The fourth-order valence-corrected chi connectivity index (χ4v) is 3.60. The molecule has 0 saturated carbocycles. The van der Waals surface area contributed by atoms with E-state index in [1.165, 1.54) is 7.11 Å². The second-order valence-corrected chi connectivity index (χ2v) is 7.03. The van der Waals surface area contributed by atoms with Crippen LogP contribution >= 0.6 is 11.6 Å². The van der Waals surface area contributed by atoms with Crippen LogP contribution in [-0.2, 0) is 9.59 Å². The van der Waals surface area contributed by atoms with Gasteiger partial charge >= 0.3 is 0 Å². The Labute approximate surface area is 167 Å². The normalized spacial score (nSPS) is 16.4. The van der Waals surface area contributed by atoms with Gasteiger partial charge in [0.15, 0.2) is 0 Å². The quantitative estimate of drug-likeness (QED) is 0.727. The second-order valence-electron chi connectivity index (χ2n) is 6.59. The summed E-state index contributed by atoms with van der Waals surface area (Å²) < 4.78 is 5.34. The van der Waals surface area contributed by atoms with E-state index in [0.29, 0.717) is 22.1 Å². The number of ether oxygens (including phenoxy) is 1. The molecule has 7 heteroatoms. The van der Waals surface area contributed by atoms with Gasteiger partial charge in [0, 0.05) is 29.6 Å². The van der Waals surface area contributed by atoms with Crippen molar-refractivity contribution in [2.45, 2.75) is 6.42 Å². The van der Waals surface area contributed by atoms with Gasteiger partial charge in [-0.25, -0.2) is 0 Å². The van der Waals surface area contributed by atoms with Crippen molar-refractivity contribution in [1.82, 2.24) is 4.98 Å². The number of anilines is 2. The fourth-order valence-electron chi connectivity index (χ4n) is 3.43. The molecular weight excluding hydrogens is 378 g/mol. The van der Waals surface area contributed by atoms with Gasteiger partial charge in [0.25, 0.3) is 0 Å². The van der Waals surface area contributed by atoms with Crippen molar-refractivity contribution in [2.24, 2.45) is 5.92 Å². The standard InChI is InChI=1S/C21H18ClN3O3/c1-28-18-8-7-15(22)11-17(18)25-12-14(10-19(25)26)21(27)24-16-6-2-4-13-5-3-9-23-20(13)16/h2-9,11,14H,10,12H2,1H3,(H,24,27). The number of hydrogen-bond acceptors (Lipinski definition) is 4. The Morgan fingerprint density at radius 3 is 2.89 bits per heavy atom. The van der Waals surface area contributed by atoms with Gasteiger partial charge in [0.05, 0.1) is 29.9 Å². The maximum atomic E-state index is 12.8. The molecule has 2 aromatic carbocycles. The van der Waals surface area contributed by atoms with Crippen LogP contribution in [0.1, 0.15) is 6.42 Å². The molecule has 6 nitrogen and oxygen atoms in total. The number of pyridine rings is 1. The van der Waals surface area contributed by atoms with Crippen LogP contribution in [0, 0.1) is 5.92 Å². The van der Waals surface area contributed by atoms with Gasteiger partial charge in [-0.1, -0.05) is 29.8 Å². The Morgan fingerprint density at radius 1 is 1.25 bits per heavy atom. The molecule has 1 N–H and O–H groups in total. The van der Waals surface area contributed by atoms with Gasteiger partial charge in [-0.2, -0.15) is 0 Å². The van der Waals surface area contributed by atoms with Gasteiger partial charge < -0.3 is 15.0 Å². The number of methoxy groups -OCH3 is 1. The number of carbonyl (C=O) groups is 2. The first-order valence-corrected chi connectivity index (χ1v) is 9.23. The van der Waals surface area contributed by atoms with Crippen LogP contribution in [0.5, 0.6) is 5.75 Å². The number of halogens is 1. The molecule has 1 aromatic heterocycles. The molecule has 1 aliphatic heterocycles. The summed E-state index contributed by atoms with van der Waals surface area (Å²) in [7, 11) is 1.53. The van der Waals surface area contributed by atoms with E-state index in [4.69, 9.17) is 16.3 Å². The maximum Gasteiger partial charge on any atom is 0.229 e. The molecule has 2 amide bonds. The highest BCUT2D eigenvalue weighted by Gasteiger charge is 2.36. The van der Waals surface area contributed by atoms with Gasteiger partial charge in [0.2, 0.25) is 11.8 Å². The highest BCUT2D eigenvalue weighted by Crippen LogP contribution is 2.35. The number of carbonyl (C=O) groups excluding carboxylic acids is 2. The lowest BCUT2D eigenvalue weighted by atomic mass is 10.1. The van der Waals surface area contributed by atoms with E-state index < -0.39 is 5.92 Å². The minimum absolute atomic E-state index is 0.125. The zero-order valence-corrected chi connectivity index (χ0v) is 15.9. The van der Waals surface area contributed by atoms with E-state index >= 15 is 0 Å². The number of fused-ring (bicyclic) bond motifs is 1. The number of aromatic nitrogens is 1. The highest BCUT2D eigenvalue weighted by atomic mass is 35.5.